The van der Waals surface area contributed by atoms with Crippen molar-refractivity contribution >= 4 is 35.6 Å². The third-order valence-electron chi connectivity index (χ3n) is 3.52. The van der Waals surface area contributed by atoms with E-state index in [0.29, 0.717) is 0 Å². The number of carbonyl (C=O) groups excluding carboxylic acids is 1. The summed E-state index contributed by atoms with van der Waals surface area (Å²) in [6, 6.07) is 4.54. The van der Waals surface area contributed by atoms with Gasteiger partial charge >= 0.3 is 5.69 Å². The molecule has 0 aromatic heterocycles. The van der Waals surface area contributed by atoms with Gasteiger partial charge in [-0.2, -0.15) is 0 Å². The van der Waals surface area contributed by atoms with Crippen LogP contribution in [0.5, 0.6) is 0 Å². The van der Waals surface area contributed by atoms with Crippen LogP contribution >= 0.6 is 24.0 Å². The lowest BCUT2D eigenvalue weighted by molar-refractivity contribution is -0.385. The minimum Gasteiger partial charge on any atom is -0.349 e. The predicted molar refractivity (Wildman–Crippen MR) is 83.1 cm³/mol. The monoisotopic (exact) mass is 333 g/mol. The maximum Gasteiger partial charge on any atom is 0.300 e. The van der Waals surface area contributed by atoms with Crippen LogP contribution in [0.3, 0.4) is 0 Å². The van der Waals surface area contributed by atoms with Gasteiger partial charge in [0.15, 0.2) is 0 Å². The number of amides is 1. The Hall–Kier alpha value is -1.37. The summed E-state index contributed by atoms with van der Waals surface area (Å²) in [6.07, 6.45) is 3.29. The normalized spacial score (nSPS) is 21.2. The molecule has 0 bridgehead atoms. The topological polar surface area (TPSA) is 98.3 Å². The molecule has 2 rings (SSSR count). The molecule has 1 amide bonds. The first-order valence-corrected chi connectivity index (χ1v) is 6.86. The van der Waals surface area contributed by atoms with Gasteiger partial charge in [0.2, 0.25) is 0 Å². The molecular weight excluding hydrogens is 317 g/mol. The van der Waals surface area contributed by atoms with E-state index in [1.807, 2.05) is 0 Å². The average Bonchev–Trinajstić information content (AvgIpc) is 2.40. The minimum atomic E-state index is -0.631. The minimum absolute atomic E-state index is 0. The summed E-state index contributed by atoms with van der Waals surface area (Å²) in [5, 5.41) is 13.8. The Kier molecular flexibility index (Phi) is 6.39. The third kappa shape index (κ3) is 4.30. The van der Waals surface area contributed by atoms with Crippen LogP contribution in [0, 0.1) is 10.1 Å². The van der Waals surface area contributed by atoms with Crippen LogP contribution in [0.2, 0.25) is 5.02 Å². The third-order valence-corrected chi connectivity index (χ3v) is 3.83. The second kappa shape index (κ2) is 7.59. The second-order valence-corrected chi connectivity index (χ2v) is 5.39. The molecule has 1 fully saturated rings. The highest BCUT2D eigenvalue weighted by Gasteiger charge is 2.26. The Bertz CT molecular complexity index is 531. The number of para-hydroxylation sites is 1. The van der Waals surface area contributed by atoms with Crippen molar-refractivity contribution < 1.29 is 9.72 Å². The van der Waals surface area contributed by atoms with Gasteiger partial charge in [-0.1, -0.05) is 17.7 Å². The Morgan fingerprint density at radius 2 is 1.95 bits per heavy atom. The molecule has 0 aliphatic heterocycles. The number of nitrogens with zero attached hydrogens (tertiary/aromatic N) is 1. The summed E-state index contributed by atoms with van der Waals surface area (Å²) in [4.78, 5) is 22.5. The fraction of sp³-hybridized carbons (Fsp3) is 0.462. The highest BCUT2D eigenvalue weighted by atomic mass is 35.5. The molecule has 1 saturated carbocycles. The lowest BCUT2D eigenvalue weighted by Crippen LogP contribution is -2.40. The van der Waals surface area contributed by atoms with E-state index in [2.05, 4.69) is 5.32 Å². The van der Waals surface area contributed by atoms with Crippen molar-refractivity contribution in [2.24, 2.45) is 5.73 Å². The first-order valence-electron chi connectivity index (χ1n) is 6.48. The summed E-state index contributed by atoms with van der Waals surface area (Å²) >= 11 is 5.79. The zero-order chi connectivity index (χ0) is 14.7. The molecule has 116 valence electrons. The van der Waals surface area contributed by atoms with Crippen LogP contribution in [0.15, 0.2) is 18.2 Å². The molecule has 0 atom stereocenters. The number of nitro groups is 1. The molecule has 0 spiro atoms. The number of hydrogen-bond acceptors (Lipinski definition) is 4. The van der Waals surface area contributed by atoms with Gasteiger partial charge in [-0.25, -0.2) is 0 Å². The van der Waals surface area contributed by atoms with Crippen molar-refractivity contribution in [3.63, 3.8) is 0 Å². The summed E-state index contributed by atoms with van der Waals surface area (Å²) in [7, 11) is 0. The average molecular weight is 334 g/mol. The largest absolute Gasteiger partial charge is 0.349 e. The number of hydrogen-bond donors (Lipinski definition) is 2. The zero-order valence-corrected chi connectivity index (χ0v) is 12.8. The van der Waals surface area contributed by atoms with Gasteiger partial charge in [0.05, 0.1) is 4.92 Å². The highest BCUT2D eigenvalue weighted by molar-refractivity contribution is 6.33. The van der Waals surface area contributed by atoms with Gasteiger partial charge in [0.1, 0.15) is 10.6 Å². The Morgan fingerprint density at radius 3 is 2.52 bits per heavy atom. The summed E-state index contributed by atoms with van der Waals surface area (Å²) < 4.78 is 0. The number of benzene rings is 1. The number of nitro benzene ring substituents is 1. The lowest BCUT2D eigenvalue weighted by atomic mass is 9.91. The molecule has 6 nitrogen and oxygen atoms in total. The van der Waals surface area contributed by atoms with E-state index in [0.717, 1.165) is 25.7 Å². The molecule has 0 saturated heterocycles. The van der Waals surface area contributed by atoms with E-state index in [1.54, 1.807) is 0 Å². The van der Waals surface area contributed by atoms with Crippen molar-refractivity contribution in [2.45, 2.75) is 37.8 Å². The summed E-state index contributed by atoms with van der Waals surface area (Å²) in [5.41, 5.74) is 5.45. The molecule has 1 aromatic rings. The molecule has 0 heterocycles. The van der Waals surface area contributed by atoms with E-state index in [-0.39, 0.29) is 40.8 Å². The molecule has 1 aliphatic rings. The van der Waals surface area contributed by atoms with Gasteiger partial charge in [-0.3, -0.25) is 14.9 Å². The fourth-order valence-corrected chi connectivity index (χ4v) is 2.65. The molecule has 8 heteroatoms. The fourth-order valence-electron chi connectivity index (χ4n) is 2.41. The first kappa shape index (κ1) is 17.7. The Balaban J connectivity index is 0.00000220. The first-order chi connectivity index (χ1) is 9.49. The number of nitrogens with one attached hydrogen (secondary N) is 1. The van der Waals surface area contributed by atoms with Crippen molar-refractivity contribution in [1.82, 2.24) is 5.32 Å². The van der Waals surface area contributed by atoms with Crippen molar-refractivity contribution in [3.05, 3.63) is 38.9 Å². The van der Waals surface area contributed by atoms with Gasteiger partial charge in [-0.15, -0.1) is 12.4 Å². The van der Waals surface area contributed by atoms with Crippen molar-refractivity contribution in [3.8, 4) is 0 Å². The van der Waals surface area contributed by atoms with E-state index in [4.69, 9.17) is 17.3 Å². The van der Waals surface area contributed by atoms with Crippen LogP contribution in [0.4, 0.5) is 5.69 Å². The van der Waals surface area contributed by atoms with Crippen LogP contribution in [0.25, 0.3) is 0 Å². The van der Waals surface area contributed by atoms with E-state index in [1.165, 1.54) is 18.2 Å². The molecule has 0 unspecified atom stereocenters. The smallest absolute Gasteiger partial charge is 0.300 e. The number of carbonyl (C=O) groups is 1. The van der Waals surface area contributed by atoms with Crippen LogP contribution in [0.1, 0.15) is 36.0 Å². The molecule has 0 radical (unpaired) electrons. The van der Waals surface area contributed by atoms with Gasteiger partial charge in [-0.05, 0) is 37.8 Å². The predicted octanol–water partition coefficient (Wildman–Crippen LogP) is 2.67. The van der Waals surface area contributed by atoms with E-state index in [9.17, 15) is 14.9 Å². The molecule has 1 aliphatic carbocycles. The molecule has 21 heavy (non-hydrogen) atoms. The Morgan fingerprint density at radius 1 is 1.33 bits per heavy atom. The van der Waals surface area contributed by atoms with Crippen molar-refractivity contribution in [1.29, 1.82) is 0 Å². The van der Waals surface area contributed by atoms with Gasteiger partial charge in [0, 0.05) is 12.1 Å². The quantitative estimate of drug-likeness (QED) is 0.656. The molecule has 3 N–H and O–H groups in total. The maximum atomic E-state index is 12.2. The summed E-state index contributed by atoms with van der Waals surface area (Å²) in [5.74, 6) is -0.459. The molecular formula is C13H17Cl2N3O3. The lowest BCUT2D eigenvalue weighted by Gasteiger charge is -2.26. The number of halogens is 2. The van der Waals surface area contributed by atoms with E-state index >= 15 is 0 Å². The standard InChI is InChI=1S/C13H16ClN3O3.ClH/c14-11-3-1-2-10(12(11)17(19)20)13(18)16-9-6-4-8(15)5-7-9;/h1-3,8-9H,4-7,15H2,(H,16,18);1H. The van der Waals surface area contributed by atoms with Crippen LogP contribution < -0.4 is 11.1 Å². The number of nitrogens with two attached hydrogens (primary N) is 1. The SMILES string of the molecule is Cl.NC1CCC(NC(=O)c2cccc(Cl)c2[N+](=O)[O-])CC1. The summed E-state index contributed by atoms with van der Waals surface area (Å²) in [6.45, 7) is 0. The van der Waals surface area contributed by atoms with Crippen LogP contribution in [-0.4, -0.2) is 22.9 Å². The van der Waals surface area contributed by atoms with Gasteiger partial charge < -0.3 is 11.1 Å². The van der Waals surface area contributed by atoms with E-state index < -0.39 is 10.8 Å². The molecule has 1 aromatic carbocycles. The maximum absolute atomic E-state index is 12.2. The van der Waals surface area contributed by atoms with Gasteiger partial charge in [0.25, 0.3) is 5.91 Å². The zero-order valence-electron chi connectivity index (χ0n) is 11.3. The van der Waals surface area contributed by atoms with Crippen LogP contribution in [-0.2, 0) is 0 Å². The number of rotatable bonds is 3. The second-order valence-electron chi connectivity index (χ2n) is 4.98. The Labute approximate surface area is 133 Å². The highest BCUT2D eigenvalue weighted by Crippen LogP contribution is 2.28. The van der Waals surface area contributed by atoms with Crippen molar-refractivity contribution in [2.75, 3.05) is 0 Å².